The van der Waals surface area contributed by atoms with Crippen LogP contribution in [0.25, 0.3) is 10.9 Å². The first-order chi connectivity index (χ1) is 8.67. The highest BCUT2D eigenvalue weighted by Gasteiger charge is 2.21. The zero-order valence-corrected chi connectivity index (χ0v) is 11.5. The molecule has 0 aliphatic heterocycles. The summed E-state index contributed by atoms with van der Waals surface area (Å²) in [4.78, 5) is 4.90. The molecule has 1 nitrogen and oxygen atoms in total. The van der Waals surface area contributed by atoms with E-state index in [1.165, 1.54) is 47.0 Å². The van der Waals surface area contributed by atoms with Gasteiger partial charge in [0.1, 0.15) is 0 Å². The highest BCUT2D eigenvalue weighted by Crippen LogP contribution is 2.30. The minimum atomic E-state index is 0.577. The predicted molar refractivity (Wildman–Crippen MR) is 77.0 cm³/mol. The summed E-state index contributed by atoms with van der Waals surface area (Å²) in [7, 11) is 0. The van der Waals surface area contributed by atoms with Crippen molar-refractivity contribution >= 4 is 10.9 Å². The number of rotatable bonds is 2. The van der Waals surface area contributed by atoms with E-state index in [4.69, 9.17) is 4.98 Å². The second-order valence-corrected chi connectivity index (χ2v) is 5.88. The van der Waals surface area contributed by atoms with Crippen LogP contribution >= 0.6 is 0 Å². The van der Waals surface area contributed by atoms with Crippen LogP contribution in [-0.4, -0.2) is 4.98 Å². The Morgan fingerprint density at radius 1 is 1.22 bits per heavy atom. The molecule has 2 aromatic rings. The molecule has 1 aromatic carbocycles. The van der Waals surface area contributed by atoms with E-state index >= 15 is 0 Å². The van der Waals surface area contributed by atoms with Crippen molar-refractivity contribution in [2.24, 2.45) is 5.92 Å². The maximum atomic E-state index is 4.90. The van der Waals surface area contributed by atoms with Gasteiger partial charge >= 0.3 is 0 Å². The number of pyridine rings is 1. The van der Waals surface area contributed by atoms with Gasteiger partial charge < -0.3 is 0 Å². The minimum absolute atomic E-state index is 0.577. The summed E-state index contributed by atoms with van der Waals surface area (Å²) in [6.45, 7) is 6.76. The summed E-state index contributed by atoms with van der Waals surface area (Å²) in [5.74, 6) is 1.39. The molecule has 0 amide bonds. The standard InChI is InChI=1S/C17H21N/c1-4-12-7-15-9-14-6-5-13(11(2)3)10-17(14)18-16(15)8-12/h5-6,9-12H,4,7-8H2,1-3H3/t12-/m1/s1. The Balaban J connectivity index is 2.08. The average Bonchev–Trinajstić information content (AvgIpc) is 2.76. The van der Waals surface area contributed by atoms with Gasteiger partial charge in [-0.2, -0.15) is 0 Å². The Bertz CT molecular complexity index is 583. The van der Waals surface area contributed by atoms with Crippen LogP contribution in [0.1, 0.15) is 49.9 Å². The summed E-state index contributed by atoms with van der Waals surface area (Å²) in [6.07, 6.45) is 3.67. The fourth-order valence-corrected chi connectivity index (χ4v) is 2.93. The molecular formula is C17H21N. The van der Waals surface area contributed by atoms with E-state index in [1.807, 2.05) is 0 Å². The Kier molecular flexibility index (Phi) is 2.85. The molecular weight excluding hydrogens is 218 g/mol. The molecule has 0 spiro atoms. The van der Waals surface area contributed by atoms with Crippen molar-refractivity contribution < 1.29 is 0 Å². The van der Waals surface area contributed by atoms with Crippen LogP contribution in [0.5, 0.6) is 0 Å². The van der Waals surface area contributed by atoms with Crippen molar-refractivity contribution in [2.45, 2.75) is 46.0 Å². The number of hydrogen-bond acceptors (Lipinski definition) is 1. The van der Waals surface area contributed by atoms with Crippen LogP contribution in [0.2, 0.25) is 0 Å². The van der Waals surface area contributed by atoms with E-state index in [2.05, 4.69) is 45.0 Å². The van der Waals surface area contributed by atoms with Gasteiger partial charge in [-0.3, -0.25) is 4.98 Å². The lowest BCUT2D eigenvalue weighted by molar-refractivity contribution is 0.540. The zero-order valence-electron chi connectivity index (χ0n) is 11.5. The van der Waals surface area contributed by atoms with Gasteiger partial charge in [0.15, 0.2) is 0 Å². The van der Waals surface area contributed by atoms with Gasteiger partial charge in [0.25, 0.3) is 0 Å². The average molecular weight is 239 g/mol. The van der Waals surface area contributed by atoms with Crippen LogP contribution in [0.3, 0.4) is 0 Å². The Morgan fingerprint density at radius 3 is 2.78 bits per heavy atom. The molecule has 94 valence electrons. The molecule has 0 fully saturated rings. The van der Waals surface area contributed by atoms with Crippen molar-refractivity contribution in [3.8, 4) is 0 Å². The van der Waals surface area contributed by atoms with Crippen molar-refractivity contribution in [3.05, 3.63) is 41.1 Å². The van der Waals surface area contributed by atoms with E-state index < -0.39 is 0 Å². The molecule has 1 aliphatic rings. The quantitative estimate of drug-likeness (QED) is 0.752. The maximum Gasteiger partial charge on any atom is 0.0708 e. The third-order valence-electron chi connectivity index (χ3n) is 4.24. The molecule has 0 radical (unpaired) electrons. The Hall–Kier alpha value is -1.37. The first kappa shape index (κ1) is 11.7. The SMILES string of the molecule is CC[C@@H]1Cc2cc3ccc(C(C)C)cc3nc2C1. The monoisotopic (exact) mass is 239 g/mol. The normalized spacial score (nSPS) is 18.6. The Labute approximate surface area is 109 Å². The molecule has 3 rings (SSSR count). The van der Waals surface area contributed by atoms with Gasteiger partial charge in [-0.05, 0) is 47.9 Å². The fourth-order valence-electron chi connectivity index (χ4n) is 2.93. The van der Waals surface area contributed by atoms with Gasteiger partial charge in [-0.15, -0.1) is 0 Å². The van der Waals surface area contributed by atoms with Crippen LogP contribution in [-0.2, 0) is 12.8 Å². The molecule has 1 atom stereocenters. The molecule has 18 heavy (non-hydrogen) atoms. The molecule has 0 saturated carbocycles. The lowest BCUT2D eigenvalue weighted by Crippen LogP contribution is -1.96. The zero-order chi connectivity index (χ0) is 12.7. The highest BCUT2D eigenvalue weighted by atomic mass is 14.7. The predicted octanol–water partition coefficient (Wildman–Crippen LogP) is 4.48. The lowest BCUT2D eigenvalue weighted by atomic mass is 10.0. The van der Waals surface area contributed by atoms with Crippen LogP contribution in [0.4, 0.5) is 0 Å². The van der Waals surface area contributed by atoms with Crippen LogP contribution in [0.15, 0.2) is 24.3 Å². The molecule has 0 saturated heterocycles. The third kappa shape index (κ3) is 1.92. The second kappa shape index (κ2) is 4.38. The van der Waals surface area contributed by atoms with Gasteiger partial charge in [0.05, 0.1) is 5.52 Å². The summed E-state index contributed by atoms with van der Waals surface area (Å²) < 4.78 is 0. The first-order valence-corrected chi connectivity index (χ1v) is 7.09. The maximum absolute atomic E-state index is 4.90. The third-order valence-corrected chi connectivity index (χ3v) is 4.24. The number of fused-ring (bicyclic) bond motifs is 2. The Morgan fingerprint density at radius 2 is 2.06 bits per heavy atom. The van der Waals surface area contributed by atoms with E-state index in [1.54, 1.807) is 0 Å². The van der Waals surface area contributed by atoms with E-state index in [9.17, 15) is 0 Å². The fraction of sp³-hybridized carbons (Fsp3) is 0.471. The molecule has 1 heterocycles. The number of nitrogens with zero attached hydrogens (tertiary/aromatic N) is 1. The number of aromatic nitrogens is 1. The highest BCUT2D eigenvalue weighted by molar-refractivity contribution is 5.80. The molecule has 1 heteroatoms. The van der Waals surface area contributed by atoms with Gasteiger partial charge in [-0.25, -0.2) is 0 Å². The van der Waals surface area contributed by atoms with E-state index in [-0.39, 0.29) is 0 Å². The van der Waals surface area contributed by atoms with Crippen LogP contribution < -0.4 is 0 Å². The minimum Gasteiger partial charge on any atom is -0.253 e. The van der Waals surface area contributed by atoms with Crippen LogP contribution in [0, 0.1) is 5.92 Å². The molecule has 1 aliphatic carbocycles. The van der Waals surface area contributed by atoms with E-state index in [0.717, 1.165) is 5.92 Å². The smallest absolute Gasteiger partial charge is 0.0708 e. The largest absolute Gasteiger partial charge is 0.253 e. The molecule has 1 aromatic heterocycles. The number of hydrogen-bond donors (Lipinski definition) is 0. The van der Waals surface area contributed by atoms with Gasteiger partial charge in [0.2, 0.25) is 0 Å². The summed E-state index contributed by atoms with van der Waals surface area (Å²) >= 11 is 0. The summed E-state index contributed by atoms with van der Waals surface area (Å²) in [6, 6.07) is 9.10. The van der Waals surface area contributed by atoms with Crippen molar-refractivity contribution in [2.75, 3.05) is 0 Å². The van der Waals surface area contributed by atoms with E-state index in [0.29, 0.717) is 5.92 Å². The molecule has 0 unspecified atom stereocenters. The summed E-state index contributed by atoms with van der Waals surface area (Å²) in [5.41, 5.74) is 5.39. The van der Waals surface area contributed by atoms with Gasteiger partial charge in [0, 0.05) is 11.1 Å². The van der Waals surface area contributed by atoms with Crippen molar-refractivity contribution in [3.63, 3.8) is 0 Å². The van der Waals surface area contributed by atoms with Crippen molar-refractivity contribution in [1.29, 1.82) is 0 Å². The summed E-state index contributed by atoms with van der Waals surface area (Å²) in [5, 5.41) is 1.30. The first-order valence-electron chi connectivity index (χ1n) is 7.09. The topological polar surface area (TPSA) is 12.9 Å². The van der Waals surface area contributed by atoms with Gasteiger partial charge in [-0.1, -0.05) is 39.3 Å². The lowest BCUT2D eigenvalue weighted by Gasteiger charge is -2.08. The molecule has 0 N–H and O–H groups in total. The van der Waals surface area contributed by atoms with Crippen molar-refractivity contribution in [1.82, 2.24) is 4.98 Å². The molecule has 0 bridgehead atoms. The number of benzene rings is 1. The second-order valence-electron chi connectivity index (χ2n) is 5.88.